The molecule has 2 rings (SSSR count). The number of aromatic nitrogens is 2. The summed E-state index contributed by atoms with van der Waals surface area (Å²) in [6, 6.07) is 1.81. The van der Waals surface area contributed by atoms with Crippen LogP contribution in [-0.2, 0) is 24.4 Å². The monoisotopic (exact) mass is 458 g/mol. The van der Waals surface area contributed by atoms with Crippen LogP contribution >= 0.6 is 11.6 Å². The topological polar surface area (TPSA) is 110 Å². The molecular formula is C20H24ClFN2O7. The predicted octanol–water partition coefficient (Wildman–Crippen LogP) is 3.39. The fourth-order valence-corrected chi connectivity index (χ4v) is 2.55. The first-order valence-electron chi connectivity index (χ1n) is 9.58. The van der Waals surface area contributed by atoms with E-state index in [1.54, 1.807) is 34.6 Å². The molecule has 0 spiro atoms. The highest BCUT2D eigenvalue weighted by Gasteiger charge is 2.29. The van der Waals surface area contributed by atoms with Gasteiger partial charge in [-0.05, 0) is 25.5 Å². The van der Waals surface area contributed by atoms with Crippen molar-refractivity contribution in [2.24, 2.45) is 0 Å². The molecule has 0 aliphatic heterocycles. The third-order valence-corrected chi connectivity index (χ3v) is 4.16. The zero-order valence-electron chi connectivity index (χ0n) is 17.9. The second-order valence-corrected chi connectivity index (χ2v) is 7.89. The molecule has 0 N–H and O–H groups in total. The molecule has 1 heterocycles. The van der Waals surface area contributed by atoms with Crippen LogP contribution in [0.3, 0.4) is 0 Å². The smallest absolute Gasteiger partial charge is 0.442 e. The van der Waals surface area contributed by atoms with E-state index < -0.39 is 35.2 Å². The number of carbonyl (C=O) groups is 2. The highest BCUT2D eigenvalue weighted by molar-refractivity contribution is 6.33. The Labute approximate surface area is 183 Å². The first-order valence-corrected chi connectivity index (χ1v) is 9.96. The average Bonchev–Trinajstić information content (AvgIpc) is 3.07. The van der Waals surface area contributed by atoms with Crippen LogP contribution in [0, 0.1) is 5.82 Å². The molecule has 0 bridgehead atoms. The molecule has 9 nitrogen and oxygen atoms in total. The van der Waals surface area contributed by atoms with E-state index in [-0.39, 0.29) is 35.4 Å². The number of ether oxygens (including phenoxy) is 3. The second kappa shape index (κ2) is 10.1. The molecule has 1 atom stereocenters. The standard InChI is InChI=1S/C20H24ClFN2O7/c1-6-8-29-16(26)17(28-7-2)30-15(25)11-9-14(13(22)10-12(11)21)24-19(27)31-18(23-24)20(3,4)5/h9-10,17H,6-8H2,1-5H3. The molecule has 0 fully saturated rings. The Bertz CT molecular complexity index is 1010. The van der Waals surface area contributed by atoms with Crippen LogP contribution in [-0.4, -0.2) is 41.2 Å². The maximum atomic E-state index is 14.5. The highest BCUT2D eigenvalue weighted by Crippen LogP contribution is 2.25. The molecule has 0 saturated carbocycles. The molecule has 0 amide bonds. The van der Waals surface area contributed by atoms with Crippen molar-refractivity contribution in [3.63, 3.8) is 0 Å². The third-order valence-electron chi connectivity index (χ3n) is 3.85. The maximum absolute atomic E-state index is 14.5. The van der Waals surface area contributed by atoms with Gasteiger partial charge in [0.1, 0.15) is 5.69 Å². The number of carbonyl (C=O) groups excluding carboxylic acids is 2. The lowest BCUT2D eigenvalue weighted by molar-refractivity contribution is -0.183. The number of hydrogen-bond donors (Lipinski definition) is 0. The van der Waals surface area contributed by atoms with Crippen molar-refractivity contribution in [2.45, 2.75) is 52.7 Å². The van der Waals surface area contributed by atoms with E-state index in [0.717, 1.165) is 12.1 Å². The maximum Gasteiger partial charge on any atom is 0.442 e. The lowest BCUT2D eigenvalue weighted by atomic mass is 9.97. The van der Waals surface area contributed by atoms with Gasteiger partial charge in [0.05, 0.1) is 17.2 Å². The van der Waals surface area contributed by atoms with Gasteiger partial charge < -0.3 is 18.6 Å². The predicted molar refractivity (Wildman–Crippen MR) is 108 cm³/mol. The first-order chi connectivity index (χ1) is 14.5. The molecule has 31 heavy (non-hydrogen) atoms. The summed E-state index contributed by atoms with van der Waals surface area (Å²) >= 11 is 6.00. The molecule has 11 heteroatoms. The van der Waals surface area contributed by atoms with E-state index in [4.69, 9.17) is 30.2 Å². The summed E-state index contributed by atoms with van der Waals surface area (Å²) in [6.45, 7) is 8.85. The van der Waals surface area contributed by atoms with E-state index in [1.807, 2.05) is 0 Å². The molecule has 1 unspecified atom stereocenters. The van der Waals surface area contributed by atoms with Gasteiger partial charge in [-0.1, -0.05) is 39.3 Å². The van der Waals surface area contributed by atoms with E-state index in [0.29, 0.717) is 11.1 Å². The van der Waals surface area contributed by atoms with Crippen LogP contribution in [0.25, 0.3) is 5.69 Å². The van der Waals surface area contributed by atoms with E-state index >= 15 is 0 Å². The Morgan fingerprint density at radius 3 is 2.52 bits per heavy atom. The molecular weight excluding hydrogens is 435 g/mol. The van der Waals surface area contributed by atoms with Gasteiger partial charge in [0.25, 0.3) is 0 Å². The number of halogens is 2. The normalized spacial score (nSPS) is 12.5. The summed E-state index contributed by atoms with van der Waals surface area (Å²) in [5, 5.41) is 3.70. The van der Waals surface area contributed by atoms with Crippen molar-refractivity contribution in [2.75, 3.05) is 13.2 Å². The molecule has 1 aromatic heterocycles. The summed E-state index contributed by atoms with van der Waals surface area (Å²) in [6.07, 6.45) is -1.06. The van der Waals surface area contributed by atoms with Crippen LogP contribution in [0.15, 0.2) is 21.3 Å². The number of rotatable bonds is 8. The van der Waals surface area contributed by atoms with Gasteiger partial charge in [0.2, 0.25) is 5.89 Å². The van der Waals surface area contributed by atoms with Crippen LogP contribution in [0.4, 0.5) is 4.39 Å². The number of benzene rings is 1. The summed E-state index contributed by atoms with van der Waals surface area (Å²) < 4.78 is 35.4. The van der Waals surface area contributed by atoms with Crippen molar-refractivity contribution < 1.29 is 32.6 Å². The van der Waals surface area contributed by atoms with Crippen molar-refractivity contribution in [3.05, 3.63) is 45.0 Å². The number of hydrogen-bond acceptors (Lipinski definition) is 8. The lowest BCUT2D eigenvalue weighted by Crippen LogP contribution is -2.32. The molecule has 2 aromatic rings. The fourth-order valence-electron chi connectivity index (χ4n) is 2.32. The Kier molecular flexibility index (Phi) is 7.96. The summed E-state index contributed by atoms with van der Waals surface area (Å²) in [7, 11) is 0. The molecule has 1 aromatic carbocycles. The Balaban J connectivity index is 2.40. The van der Waals surface area contributed by atoms with Crippen LogP contribution < -0.4 is 5.76 Å². The second-order valence-electron chi connectivity index (χ2n) is 7.48. The summed E-state index contributed by atoms with van der Waals surface area (Å²) in [5.41, 5.74) is -1.29. The largest absolute Gasteiger partial charge is 0.461 e. The van der Waals surface area contributed by atoms with Gasteiger partial charge in [-0.2, -0.15) is 4.68 Å². The summed E-state index contributed by atoms with van der Waals surface area (Å²) in [4.78, 5) is 36.9. The van der Waals surface area contributed by atoms with Gasteiger partial charge in [0.15, 0.2) is 5.82 Å². The van der Waals surface area contributed by atoms with Crippen LogP contribution in [0.2, 0.25) is 5.02 Å². The molecule has 0 saturated heterocycles. The first kappa shape index (κ1) is 24.5. The molecule has 0 radical (unpaired) electrons. The van der Waals surface area contributed by atoms with Gasteiger partial charge in [-0.3, -0.25) is 0 Å². The third kappa shape index (κ3) is 5.92. The zero-order valence-corrected chi connectivity index (χ0v) is 18.6. The SMILES string of the molecule is CCCOC(=O)C(OCC)OC(=O)c1cc(-n2nc(C(C)(C)C)oc2=O)c(F)cc1Cl. The Hall–Kier alpha value is -2.72. The van der Waals surface area contributed by atoms with Gasteiger partial charge in [-0.25, -0.2) is 18.8 Å². The molecule has 0 aliphatic carbocycles. The molecule has 0 aliphatic rings. The van der Waals surface area contributed by atoms with Crippen LogP contribution in [0.5, 0.6) is 0 Å². The lowest BCUT2D eigenvalue weighted by Gasteiger charge is -2.17. The van der Waals surface area contributed by atoms with Gasteiger partial charge in [-0.15, -0.1) is 5.10 Å². The van der Waals surface area contributed by atoms with E-state index in [2.05, 4.69) is 5.10 Å². The minimum absolute atomic E-state index is 0.0610. The zero-order chi connectivity index (χ0) is 23.3. The van der Waals surface area contributed by atoms with E-state index in [1.165, 1.54) is 0 Å². The number of nitrogens with zero attached hydrogens (tertiary/aromatic N) is 2. The van der Waals surface area contributed by atoms with Crippen molar-refractivity contribution >= 4 is 23.5 Å². The quantitative estimate of drug-likeness (QED) is 0.437. The highest BCUT2D eigenvalue weighted by atomic mass is 35.5. The van der Waals surface area contributed by atoms with Crippen molar-refractivity contribution in [1.29, 1.82) is 0 Å². The molecule has 170 valence electrons. The van der Waals surface area contributed by atoms with Gasteiger partial charge in [0, 0.05) is 12.0 Å². The minimum atomic E-state index is -1.63. The number of esters is 2. The fraction of sp³-hybridized carbons (Fsp3) is 0.500. The Morgan fingerprint density at radius 2 is 1.97 bits per heavy atom. The average molecular weight is 459 g/mol. The van der Waals surface area contributed by atoms with E-state index in [9.17, 15) is 18.8 Å². The van der Waals surface area contributed by atoms with Crippen LogP contribution in [0.1, 0.15) is 57.3 Å². The van der Waals surface area contributed by atoms with Gasteiger partial charge >= 0.3 is 24.0 Å². The Morgan fingerprint density at radius 1 is 1.29 bits per heavy atom. The summed E-state index contributed by atoms with van der Waals surface area (Å²) in [5.74, 6) is -3.75. The minimum Gasteiger partial charge on any atom is -0.461 e. The van der Waals surface area contributed by atoms with Crippen molar-refractivity contribution in [1.82, 2.24) is 9.78 Å². The van der Waals surface area contributed by atoms with Crippen molar-refractivity contribution in [3.8, 4) is 5.69 Å².